The summed E-state index contributed by atoms with van der Waals surface area (Å²) in [7, 11) is 0. The third-order valence-corrected chi connectivity index (χ3v) is 10.7. The molecule has 4 saturated carbocycles. The second-order valence-electron chi connectivity index (χ2n) is 12.5. The van der Waals surface area contributed by atoms with E-state index in [0.717, 1.165) is 41.4 Å². The van der Waals surface area contributed by atoms with Crippen molar-refractivity contribution in [3.63, 3.8) is 0 Å². The number of hydrogen-bond acceptors (Lipinski definition) is 0. The van der Waals surface area contributed by atoms with Crippen LogP contribution in [0.1, 0.15) is 118 Å². The maximum Gasteiger partial charge on any atom is -0.0266 e. The zero-order valence-corrected chi connectivity index (χ0v) is 19.2. The van der Waals surface area contributed by atoms with Crippen LogP contribution in [0.3, 0.4) is 0 Å². The molecule has 0 saturated heterocycles. The highest BCUT2D eigenvalue weighted by molar-refractivity contribution is 5.08. The van der Waals surface area contributed by atoms with Crippen LogP contribution in [0, 0.1) is 52.3 Å². The molecule has 4 aliphatic carbocycles. The fourth-order valence-corrected chi connectivity index (χ4v) is 9.00. The van der Waals surface area contributed by atoms with Gasteiger partial charge in [0, 0.05) is 0 Å². The van der Waals surface area contributed by atoms with Gasteiger partial charge in [0.1, 0.15) is 0 Å². The summed E-state index contributed by atoms with van der Waals surface area (Å²) in [6.45, 7) is 12.8. The predicted octanol–water partition coefficient (Wildman–Crippen LogP) is 8.50. The monoisotopic (exact) mass is 372 g/mol. The van der Waals surface area contributed by atoms with Crippen molar-refractivity contribution in [2.45, 2.75) is 118 Å². The van der Waals surface area contributed by atoms with Gasteiger partial charge in [-0.15, -0.1) is 0 Å². The standard InChI is InChI=1S/C27H48/c1-19(2)8-6-7-9-21-11-13-24-23-12-10-22-18-20(3)14-16-27(22,5)25(23)15-17-26(21,24)4/h19-25H,6-18H2,1-5H3/t20-,21?,22?,23?,24?,25?,26?,27?/m1/s1. The summed E-state index contributed by atoms with van der Waals surface area (Å²) < 4.78 is 0. The van der Waals surface area contributed by atoms with E-state index < -0.39 is 0 Å². The van der Waals surface area contributed by atoms with Gasteiger partial charge in [0.15, 0.2) is 0 Å². The Morgan fingerprint density at radius 2 is 1.56 bits per heavy atom. The second kappa shape index (κ2) is 7.68. The van der Waals surface area contributed by atoms with Crippen LogP contribution < -0.4 is 0 Å². The van der Waals surface area contributed by atoms with Crippen molar-refractivity contribution in [3.8, 4) is 0 Å². The van der Waals surface area contributed by atoms with Crippen LogP contribution in [0.2, 0.25) is 0 Å². The molecule has 8 atom stereocenters. The molecule has 7 unspecified atom stereocenters. The lowest BCUT2D eigenvalue weighted by Gasteiger charge is -2.61. The molecular weight excluding hydrogens is 324 g/mol. The van der Waals surface area contributed by atoms with E-state index in [1.54, 1.807) is 51.4 Å². The van der Waals surface area contributed by atoms with Crippen molar-refractivity contribution in [2.75, 3.05) is 0 Å². The molecule has 4 rings (SSSR count). The van der Waals surface area contributed by atoms with Gasteiger partial charge in [-0.2, -0.15) is 0 Å². The highest BCUT2D eigenvalue weighted by atomic mass is 14.6. The minimum Gasteiger partial charge on any atom is -0.0628 e. The van der Waals surface area contributed by atoms with Crippen molar-refractivity contribution in [1.29, 1.82) is 0 Å². The first kappa shape index (κ1) is 20.3. The van der Waals surface area contributed by atoms with Crippen LogP contribution in [0.5, 0.6) is 0 Å². The topological polar surface area (TPSA) is 0 Å². The summed E-state index contributed by atoms with van der Waals surface area (Å²) in [6, 6.07) is 0. The van der Waals surface area contributed by atoms with Gasteiger partial charge in [-0.25, -0.2) is 0 Å². The van der Waals surface area contributed by atoms with Gasteiger partial charge in [0.2, 0.25) is 0 Å². The van der Waals surface area contributed by atoms with Gasteiger partial charge in [0.25, 0.3) is 0 Å². The maximum absolute atomic E-state index is 2.74. The van der Waals surface area contributed by atoms with E-state index in [-0.39, 0.29) is 0 Å². The smallest absolute Gasteiger partial charge is 0.0266 e. The van der Waals surface area contributed by atoms with Crippen LogP contribution in [0.25, 0.3) is 0 Å². The molecule has 0 amide bonds. The molecule has 0 aromatic rings. The molecule has 0 nitrogen and oxygen atoms in total. The zero-order valence-electron chi connectivity index (χ0n) is 19.2. The molecule has 0 spiro atoms. The van der Waals surface area contributed by atoms with Crippen LogP contribution in [-0.2, 0) is 0 Å². The number of unbranched alkanes of at least 4 members (excludes halogenated alkanes) is 1. The van der Waals surface area contributed by atoms with Gasteiger partial charge >= 0.3 is 0 Å². The summed E-state index contributed by atoms with van der Waals surface area (Å²) in [5.41, 5.74) is 1.40. The summed E-state index contributed by atoms with van der Waals surface area (Å²) >= 11 is 0. The molecule has 4 aliphatic rings. The number of fused-ring (bicyclic) bond motifs is 5. The summed E-state index contributed by atoms with van der Waals surface area (Å²) in [4.78, 5) is 0. The van der Waals surface area contributed by atoms with Gasteiger partial charge in [0.05, 0.1) is 0 Å². The van der Waals surface area contributed by atoms with Crippen LogP contribution in [0.15, 0.2) is 0 Å². The third-order valence-electron chi connectivity index (χ3n) is 10.7. The van der Waals surface area contributed by atoms with E-state index in [9.17, 15) is 0 Å². The van der Waals surface area contributed by atoms with Gasteiger partial charge < -0.3 is 0 Å². The Balaban J connectivity index is 1.43. The summed E-state index contributed by atoms with van der Waals surface area (Å²) in [5, 5.41) is 0. The Morgan fingerprint density at radius 3 is 2.33 bits per heavy atom. The average molecular weight is 373 g/mol. The van der Waals surface area contributed by atoms with E-state index in [2.05, 4.69) is 34.6 Å². The molecule has 0 aromatic carbocycles. The quantitative estimate of drug-likeness (QED) is 0.424. The average Bonchev–Trinajstić information content (AvgIpc) is 2.96. The van der Waals surface area contributed by atoms with Crippen LogP contribution >= 0.6 is 0 Å². The first-order valence-corrected chi connectivity index (χ1v) is 12.8. The predicted molar refractivity (Wildman–Crippen MR) is 118 cm³/mol. The summed E-state index contributed by atoms with van der Waals surface area (Å²) in [5.74, 6) is 7.22. The fraction of sp³-hybridized carbons (Fsp3) is 1.00. The van der Waals surface area contributed by atoms with Gasteiger partial charge in [-0.1, -0.05) is 60.3 Å². The molecular formula is C27H48. The van der Waals surface area contributed by atoms with Crippen molar-refractivity contribution in [1.82, 2.24) is 0 Å². The Hall–Kier alpha value is 0. The molecule has 156 valence electrons. The van der Waals surface area contributed by atoms with E-state index in [1.165, 1.54) is 32.1 Å². The molecule has 27 heavy (non-hydrogen) atoms. The van der Waals surface area contributed by atoms with Crippen molar-refractivity contribution >= 4 is 0 Å². The third kappa shape index (κ3) is 3.54. The Labute approximate surface area is 170 Å². The molecule has 0 heteroatoms. The van der Waals surface area contributed by atoms with E-state index in [1.807, 2.05) is 0 Å². The molecule has 0 aromatic heterocycles. The van der Waals surface area contributed by atoms with Crippen LogP contribution in [0.4, 0.5) is 0 Å². The minimum absolute atomic E-state index is 0.699. The van der Waals surface area contributed by atoms with E-state index in [4.69, 9.17) is 0 Å². The SMILES string of the molecule is CC(C)CCCCC1CCC2C3CCC4C[C@H](C)CCC4(C)C3CCC12C. The summed E-state index contributed by atoms with van der Waals surface area (Å²) in [6.07, 6.45) is 19.9. The largest absolute Gasteiger partial charge is 0.0628 e. The lowest BCUT2D eigenvalue weighted by Crippen LogP contribution is -2.53. The highest BCUT2D eigenvalue weighted by Crippen LogP contribution is 2.68. The second-order valence-corrected chi connectivity index (χ2v) is 12.5. The molecule has 4 fully saturated rings. The normalized spacial score (nSPS) is 49.6. The molecule has 0 radical (unpaired) electrons. The molecule has 0 aliphatic heterocycles. The van der Waals surface area contributed by atoms with Crippen LogP contribution in [-0.4, -0.2) is 0 Å². The van der Waals surface area contributed by atoms with E-state index >= 15 is 0 Å². The zero-order chi connectivity index (χ0) is 19.2. The fourth-order valence-electron chi connectivity index (χ4n) is 9.00. The Bertz CT molecular complexity index is 506. The highest BCUT2D eigenvalue weighted by Gasteiger charge is 2.59. The van der Waals surface area contributed by atoms with E-state index in [0.29, 0.717) is 10.8 Å². The van der Waals surface area contributed by atoms with Gasteiger partial charge in [-0.3, -0.25) is 0 Å². The molecule has 0 heterocycles. The van der Waals surface area contributed by atoms with Gasteiger partial charge in [-0.05, 0) is 110 Å². The Morgan fingerprint density at radius 1 is 0.815 bits per heavy atom. The lowest BCUT2D eigenvalue weighted by molar-refractivity contribution is -0.117. The van der Waals surface area contributed by atoms with Crippen molar-refractivity contribution < 1.29 is 0 Å². The van der Waals surface area contributed by atoms with Crippen molar-refractivity contribution in [3.05, 3.63) is 0 Å². The van der Waals surface area contributed by atoms with Crippen molar-refractivity contribution in [2.24, 2.45) is 52.3 Å². The molecule has 0 bridgehead atoms. The Kier molecular flexibility index (Phi) is 5.77. The molecule has 0 N–H and O–H groups in total. The maximum atomic E-state index is 2.74. The first-order chi connectivity index (χ1) is 12.8. The number of rotatable bonds is 5. The minimum atomic E-state index is 0.699. The first-order valence-electron chi connectivity index (χ1n) is 12.8. The number of hydrogen-bond donors (Lipinski definition) is 0. The lowest BCUT2D eigenvalue weighted by atomic mass is 9.44.